The van der Waals surface area contributed by atoms with Crippen LogP contribution in [0, 0.1) is 0 Å². The van der Waals surface area contributed by atoms with E-state index in [1.807, 2.05) is 13.0 Å². The molecule has 0 amide bonds. The van der Waals surface area contributed by atoms with Gasteiger partial charge in [0, 0.05) is 12.5 Å². The van der Waals surface area contributed by atoms with Crippen LogP contribution in [0.2, 0.25) is 18.1 Å². The van der Waals surface area contributed by atoms with E-state index in [1.54, 1.807) is 6.08 Å². The number of carbonyl (C=O) groups is 1. The molecule has 1 unspecified atom stereocenters. The SMILES string of the molecule is COC(=O)/C=C/C1(C)CC(O[Si](C)(C)C(C)(C)C)=CCO1. The Balaban J connectivity index is 2.79. The molecule has 1 heterocycles. The molecule has 0 spiro atoms. The first-order chi connectivity index (χ1) is 9.49. The highest BCUT2D eigenvalue weighted by atomic mass is 28.4. The Hall–Kier alpha value is -1.07. The summed E-state index contributed by atoms with van der Waals surface area (Å²) in [7, 11) is -0.482. The van der Waals surface area contributed by atoms with E-state index in [1.165, 1.54) is 13.2 Å². The fourth-order valence-electron chi connectivity index (χ4n) is 1.77. The fourth-order valence-corrected chi connectivity index (χ4v) is 2.89. The van der Waals surface area contributed by atoms with Crippen LogP contribution in [-0.2, 0) is 18.7 Å². The lowest BCUT2D eigenvalue weighted by Crippen LogP contribution is -2.42. The third kappa shape index (κ3) is 5.00. The molecule has 0 fully saturated rings. The third-order valence-electron chi connectivity index (χ3n) is 4.21. The van der Waals surface area contributed by atoms with Crippen molar-refractivity contribution in [1.82, 2.24) is 0 Å². The monoisotopic (exact) mass is 312 g/mol. The number of ether oxygens (including phenoxy) is 2. The molecule has 0 aromatic heterocycles. The lowest BCUT2D eigenvalue weighted by Gasteiger charge is -2.40. The van der Waals surface area contributed by atoms with Crippen molar-refractivity contribution in [2.45, 2.75) is 57.8 Å². The van der Waals surface area contributed by atoms with E-state index in [2.05, 4.69) is 38.6 Å². The minimum atomic E-state index is -1.85. The molecule has 21 heavy (non-hydrogen) atoms. The number of carbonyl (C=O) groups excluding carboxylic acids is 1. The van der Waals surface area contributed by atoms with E-state index in [9.17, 15) is 4.79 Å². The van der Waals surface area contributed by atoms with Crippen molar-refractivity contribution in [1.29, 1.82) is 0 Å². The lowest BCUT2D eigenvalue weighted by atomic mass is 9.98. The molecule has 0 aromatic carbocycles. The molecule has 0 saturated heterocycles. The van der Waals surface area contributed by atoms with Gasteiger partial charge in [-0.2, -0.15) is 0 Å². The molecule has 0 radical (unpaired) electrons. The normalized spacial score (nSPS) is 23.9. The second-order valence-electron chi connectivity index (χ2n) is 7.19. The molecule has 1 atom stereocenters. The molecule has 1 aliphatic heterocycles. The Morgan fingerprint density at radius 2 is 2.05 bits per heavy atom. The van der Waals surface area contributed by atoms with Crippen molar-refractivity contribution in [2.24, 2.45) is 0 Å². The molecule has 0 N–H and O–H groups in total. The largest absolute Gasteiger partial charge is 0.547 e. The molecule has 1 rings (SSSR count). The average molecular weight is 312 g/mol. The van der Waals surface area contributed by atoms with Gasteiger partial charge in [-0.25, -0.2) is 4.79 Å². The van der Waals surface area contributed by atoms with Crippen LogP contribution in [0.4, 0.5) is 0 Å². The predicted molar refractivity (Wildman–Crippen MR) is 86.5 cm³/mol. The second-order valence-corrected chi connectivity index (χ2v) is 11.9. The van der Waals surface area contributed by atoms with Crippen LogP contribution < -0.4 is 0 Å². The third-order valence-corrected chi connectivity index (χ3v) is 8.60. The van der Waals surface area contributed by atoms with Gasteiger partial charge in [0.05, 0.1) is 25.1 Å². The smallest absolute Gasteiger partial charge is 0.330 e. The Morgan fingerprint density at radius 3 is 2.57 bits per heavy atom. The van der Waals surface area contributed by atoms with E-state index in [-0.39, 0.29) is 11.0 Å². The van der Waals surface area contributed by atoms with E-state index in [0.717, 1.165) is 5.76 Å². The summed E-state index contributed by atoms with van der Waals surface area (Å²) in [5, 5.41) is 0.157. The van der Waals surface area contributed by atoms with Gasteiger partial charge in [-0.3, -0.25) is 0 Å². The quantitative estimate of drug-likeness (QED) is 0.450. The summed E-state index contributed by atoms with van der Waals surface area (Å²) < 4.78 is 16.7. The maximum Gasteiger partial charge on any atom is 0.330 e. The summed E-state index contributed by atoms with van der Waals surface area (Å²) in [5.41, 5.74) is -0.527. The number of hydrogen-bond acceptors (Lipinski definition) is 4. The van der Waals surface area contributed by atoms with Gasteiger partial charge < -0.3 is 13.9 Å². The first-order valence-corrected chi connectivity index (χ1v) is 10.2. The van der Waals surface area contributed by atoms with Crippen LogP contribution >= 0.6 is 0 Å². The van der Waals surface area contributed by atoms with Crippen molar-refractivity contribution in [3.63, 3.8) is 0 Å². The summed E-state index contributed by atoms with van der Waals surface area (Å²) in [5.74, 6) is 0.589. The van der Waals surface area contributed by atoms with Crippen molar-refractivity contribution in [3.05, 3.63) is 24.0 Å². The summed E-state index contributed by atoms with van der Waals surface area (Å²) in [6.45, 7) is 13.6. The first kappa shape index (κ1) is 18.0. The Bertz CT molecular complexity index is 446. The van der Waals surface area contributed by atoms with Crippen molar-refractivity contribution >= 4 is 14.3 Å². The molecule has 0 aliphatic carbocycles. The minimum Gasteiger partial charge on any atom is -0.547 e. The minimum absolute atomic E-state index is 0.157. The maximum absolute atomic E-state index is 11.2. The molecular weight excluding hydrogens is 284 g/mol. The molecule has 1 aliphatic rings. The van der Waals surface area contributed by atoms with Gasteiger partial charge in [0.15, 0.2) is 0 Å². The Kier molecular flexibility index (Phi) is 5.44. The van der Waals surface area contributed by atoms with Gasteiger partial charge in [-0.15, -0.1) is 0 Å². The van der Waals surface area contributed by atoms with Crippen LogP contribution in [0.15, 0.2) is 24.0 Å². The van der Waals surface area contributed by atoms with Gasteiger partial charge in [-0.1, -0.05) is 20.8 Å². The van der Waals surface area contributed by atoms with E-state index in [0.29, 0.717) is 13.0 Å². The zero-order valence-corrected chi connectivity index (χ0v) is 15.3. The molecule has 120 valence electrons. The number of methoxy groups -OCH3 is 1. The van der Waals surface area contributed by atoms with Crippen LogP contribution in [0.25, 0.3) is 0 Å². The molecule has 0 bridgehead atoms. The average Bonchev–Trinajstić information content (AvgIpc) is 2.34. The van der Waals surface area contributed by atoms with Gasteiger partial charge in [0.25, 0.3) is 0 Å². The van der Waals surface area contributed by atoms with Gasteiger partial charge in [-0.05, 0) is 37.2 Å². The summed E-state index contributed by atoms with van der Waals surface area (Å²) in [6, 6.07) is 0. The van der Waals surface area contributed by atoms with Crippen LogP contribution in [-0.4, -0.2) is 33.6 Å². The highest BCUT2D eigenvalue weighted by Crippen LogP contribution is 2.40. The topological polar surface area (TPSA) is 44.8 Å². The maximum atomic E-state index is 11.2. The van der Waals surface area contributed by atoms with E-state index in [4.69, 9.17) is 9.16 Å². The number of rotatable bonds is 4. The van der Waals surface area contributed by atoms with Crippen molar-refractivity contribution in [3.8, 4) is 0 Å². The fraction of sp³-hybridized carbons (Fsp3) is 0.688. The molecule has 0 saturated carbocycles. The summed E-state index contributed by atoms with van der Waals surface area (Å²) >= 11 is 0. The van der Waals surface area contributed by atoms with E-state index >= 15 is 0 Å². The second kappa shape index (κ2) is 6.36. The Morgan fingerprint density at radius 1 is 1.43 bits per heavy atom. The van der Waals surface area contributed by atoms with Gasteiger partial charge in [0.2, 0.25) is 8.32 Å². The zero-order chi connectivity index (χ0) is 16.3. The summed E-state index contributed by atoms with van der Waals surface area (Å²) in [6.07, 6.45) is 5.79. The standard InChI is InChI=1S/C16H28O4Si/c1-15(2,3)21(6,7)20-13-9-11-19-16(4,12-13)10-8-14(17)18-5/h8-10H,11-12H2,1-7H3/b10-8+. The van der Waals surface area contributed by atoms with Crippen LogP contribution in [0.1, 0.15) is 34.1 Å². The number of hydrogen-bond donors (Lipinski definition) is 0. The Labute approximate surface area is 129 Å². The summed E-state index contributed by atoms with van der Waals surface area (Å²) in [4.78, 5) is 11.2. The van der Waals surface area contributed by atoms with Crippen LogP contribution in [0.3, 0.4) is 0 Å². The highest BCUT2D eigenvalue weighted by Gasteiger charge is 2.40. The van der Waals surface area contributed by atoms with Crippen molar-refractivity contribution < 1.29 is 18.7 Å². The van der Waals surface area contributed by atoms with E-state index < -0.39 is 13.9 Å². The molecule has 4 nitrogen and oxygen atoms in total. The molecular formula is C16H28O4Si. The highest BCUT2D eigenvalue weighted by molar-refractivity contribution is 6.74. The first-order valence-electron chi connectivity index (χ1n) is 7.28. The van der Waals surface area contributed by atoms with Crippen LogP contribution in [0.5, 0.6) is 0 Å². The molecule has 0 aromatic rings. The zero-order valence-electron chi connectivity index (χ0n) is 14.3. The van der Waals surface area contributed by atoms with Crippen molar-refractivity contribution in [2.75, 3.05) is 13.7 Å². The number of esters is 1. The van der Waals surface area contributed by atoms with Gasteiger partial charge in [0.1, 0.15) is 0 Å². The predicted octanol–water partition coefficient (Wildman–Crippen LogP) is 3.80. The lowest BCUT2D eigenvalue weighted by molar-refractivity contribution is -0.135. The molecule has 5 heteroatoms. The van der Waals surface area contributed by atoms with Gasteiger partial charge >= 0.3 is 5.97 Å².